The second-order valence-corrected chi connectivity index (χ2v) is 11.0. The molecule has 0 aromatic carbocycles. The predicted molar refractivity (Wildman–Crippen MR) is 139 cm³/mol. The molecule has 3 aromatic rings. The van der Waals surface area contributed by atoms with E-state index in [9.17, 15) is 9.59 Å². The normalized spacial score (nSPS) is 15.4. The predicted octanol–water partition coefficient (Wildman–Crippen LogP) is 5.78. The van der Waals surface area contributed by atoms with E-state index in [0.717, 1.165) is 72.7 Å². The zero-order valence-corrected chi connectivity index (χ0v) is 21.9. The Morgan fingerprint density at radius 3 is 2.57 bits per heavy atom. The van der Waals surface area contributed by atoms with Crippen LogP contribution in [0, 0.1) is 0 Å². The number of carbonyl (C=O) groups is 2. The molecule has 0 saturated heterocycles. The highest BCUT2D eigenvalue weighted by Gasteiger charge is 2.28. The molecule has 7 nitrogen and oxygen atoms in total. The Kier molecular flexibility index (Phi) is 7.27. The van der Waals surface area contributed by atoms with Gasteiger partial charge < -0.3 is 14.0 Å². The third-order valence-corrected chi connectivity index (χ3v) is 9.20. The van der Waals surface area contributed by atoms with Crippen LogP contribution in [-0.2, 0) is 41.9 Å². The number of hydrogen-bond acceptors (Lipinski definition) is 7. The van der Waals surface area contributed by atoms with E-state index in [1.807, 2.05) is 24.5 Å². The molecule has 1 aliphatic carbocycles. The average molecular weight is 514 g/mol. The maximum atomic E-state index is 12.9. The van der Waals surface area contributed by atoms with Crippen molar-refractivity contribution in [3.05, 3.63) is 56.5 Å². The Balaban J connectivity index is 1.36. The first kappa shape index (κ1) is 24.1. The Morgan fingerprint density at radius 1 is 1.00 bits per heavy atom. The van der Waals surface area contributed by atoms with Gasteiger partial charge in [0.25, 0.3) is 0 Å². The lowest BCUT2D eigenvalue weighted by atomic mass is 9.95. The molecule has 1 aliphatic heterocycles. The standard InChI is InChI=1S/C26H31N3O4S2/c1-3-28-14-11-17-19(24(35-21(17)15-28)29-12-7-8-13-29)16-33-26(31)27-23-22(25(30)32-4-2)18-9-5-6-10-20(18)34-23/h7-8,12-13H,3-6,9-11,14-16H2,1-2H3,(H,27,31). The van der Waals surface area contributed by atoms with Crippen LogP contribution in [0.5, 0.6) is 0 Å². The Labute approximate surface area is 213 Å². The summed E-state index contributed by atoms with van der Waals surface area (Å²) in [6.07, 6.45) is 8.37. The number of aryl methyl sites for hydroxylation is 1. The SMILES string of the molecule is CCOC(=O)c1c(NC(=O)OCc2c(-n3cccc3)sc3c2CCN(CC)C3)sc2c1CCCC2. The van der Waals surface area contributed by atoms with Gasteiger partial charge in [-0.3, -0.25) is 10.2 Å². The van der Waals surface area contributed by atoms with E-state index in [4.69, 9.17) is 9.47 Å². The monoisotopic (exact) mass is 513 g/mol. The zero-order chi connectivity index (χ0) is 24.4. The summed E-state index contributed by atoms with van der Waals surface area (Å²) in [4.78, 5) is 30.6. The second-order valence-electron chi connectivity index (χ2n) is 8.83. The van der Waals surface area contributed by atoms with Crippen LogP contribution in [0.15, 0.2) is 24.5 Å². The first-order valence-electron chi connectivity index (χ1n) is 12.3. The Hall–Kier alpha value is -2.62. The van der Waals surface area contributed by atoms with E-state index in [1.165, 1.54) is 21.8 Å². The van der Waals surface area contributed by atoms with Gasteiger partial charge in [0, 0.05) is 40.8 Å². The van der Waals surface area contributed by atoms with Crippen LogP contribution in [0.2, 0.25) is 0 Å². The number of thiophene rings is 2. The number of hydrogen-bond donors (Lipinski definition) is 1. The molecule has 0 radical (unpaired) electrons. The number of ether oxygens (including phenoxy) is 2. The lowest BCUT2D eigenvalue weighted by Crippen LogP contribution is -2.29. The Bertz CT molecular complexity index is 1210. The lowest BCUT2D eigenvalue weighted by Gasteiger charge is -2.25. The van der Waals surface area contributed by atoms with Gasteiger partial charge in [0.2, 0.25) is 0 Å². The van der Waals surface area contributed by atoms with Crippen molar-refractivity contribution in [3.63, 3.8) is 0 Å². The minimum Gasteiger partial charge on any atom is -0.462 e. The molecule has 9 heteroatoms. The molecule has 186 valence electrons. The highest BCUT2D eigenvalue weighted by atomic mass is 32.1. The van der Waals surface area contributed by atoms with Crippen LogP contribution < -0.4 is 5.32 Å². The maximum Gasteiger partial charge on any atom is 0.412 e. The molecule has 4 heterocycles. The molecular formula is C26H31N3O4S2. The summed E-state index contributed by atoms with van der Waals surface area (Å²) in [6.45, 7) is 7.44. The Morgan fingerprint density at radius 2 is 1.80 bits per heavy atom. The summed E-state index contributed by atoms with van der Waals surface area (Å²) in [7, 11) is 0. The zero-order valence-electron chi connectivity index (χ0n) is 20.2. The molecule has 0 unspecified atom stereocenters. The molecular weight excluding hydrogens is 482 g/mol. The first-order chi connectivity index (χ1) is 17.1. The van der Waals surface area contributed by atoms with E-state index in [0.29, 0.717) is 17.2 Å². The van der Waals surface area contributed by atoms with Crippen molar-refractivity contribution in [1.82, 2.24) is 9.47 Å². The number of anilines is 1. The molecule has 3 aromatic heterocycles. The van der Waals surface area contributed by atoms with Gasteiger partial charge in [-0.1, -0.05) is 6.92 Å². The van der Waals surface area contributed by atoms with Gasteiger partial charge in [0.05, 0.1) is 12.2 Å². The number of amides is 1. The molecule has 0 bridgehead atoms. The van der Waals surface area contributed by atoms with Crippen molar-refractivity contribution in [2.24, 2.45) is 0 Å². The van der Waals surface area contributed by atoms with Crippen LogP contribution in [0.1, 0.15) is 63.5 Å². The molecule has 35 heavy (non-hydrogen) atoms. The molecule has 0 spiro atoms. The van der Waals surface area contributed by atoms with E-state index in [1.54, 1.807) is 18.3 Å². The number of rotatable bonds is 7. The van der Waals surface area contributed by atoms with Gasteiger partial charge in [-0.2, -0.15) is 0 Å². The van der Waals surface area contributed by atoms with Gasteiger partial charge in [0.1, 0.15) is 16.6 Å². The fourth-order valence-corrected chi connectivity index (χ4v) is 7.57. The van der Waals surface area contributed by atoms with E-state index in [-0.39, 0.29) is 12.6 Å². The van der Waals surface area contributed by atoms with Crippen molar-refractivity contribution in [3.8, 4) is 5.00 Å². The van der Waals surface area contributed by atoms with Crippen molar-refractivity contribution < 1.29 is 19.1 Å². The minimum atomic E-state index is -0.543. The smallest absolute Gasteiger partial charge is 0.412 e. The molecule has 0 fully saturated rings. The van der Waals surface area contributed by atoms with Gasteiger partial charge >= 0.3 is 12.1 Å². The quantitative estimate of drug-likeness (QED) is 0.405. The maximum absolute atomic E-state index is 12.9. The molecule has 1 N–H and O–H groups in total. The van der Waals surface area contributed by atoms with Crippen LogP contribution in [0.4, 0.5) is 9.80 Å². The number of nitrogens with zero attached hydrogens (tertiary/aromatic N) is 2. The summed E-state index contributed by atoms with van der Waals surface area (Å²) < 4.78 is 13.2. The topological polar surface area (TPSA) is 72.8 Å². The van der Waals surface area contributed by atoms with Gasteiger partial charge in [-0.25, -0.2) is 9.59 Å². The number of carbonyl (C=O) groups excluding carboxylic acids is 2. The summed E-state index contributed by atoms with van der Waals surface area (Å²) in [5.41, 5.74) is 3.90. The van der Waals surface area contributed by atoms with Gasteiger partial charge in [0.15, 0.2) is 0 Å². The molecule has 0 atom stereocenters. The third-order valence-electron chi connectivity index (χ3n) is 6.72. The largest absolute Gasteiger partial charge is 0.462 e. The molecule has 2 aliphatic rings. The van der Waals surface area contributed by atoms with Crippen molar-refractivity contribution >= 4 is 39.7 Å². The van der Waals surface area contributed by atoms with Crippen molar-refractivity contribution in [1.29, 1.82) is 0 Å². The van der Waals surface area contributed by atoms with Gasteiger partial charge in [-0.15, -0.1) is 22.7 Å². The molecule has 0 saturated carbocycles. The van der Waals surface area contributed by atoms with E-state index in [2.05, 4.69) is 21.7 Å². The van der Waals surface area contributed by atoms with Crippen LogP contribution in [0.25, 0.3) is 5.00 Å². The number of esters is 1. The first-order valence-corrected chi connectivity index (χ1v) is 14.0. The van der Waals surface area contributed by atoms with E-state index < -0.39 is 6.09 Å². The number of likely N-dealkylation sites (N-methyl/N-ethyl adjacent to an activating group) is 1. The van der Waals surface area contributed by atoms with Gasteiger partial charge in [-0.05, 0) is 68.8 Å². The summed E-state index contributed by atoms with van der Waals surface area (Å²) >= 11 is 3.25. The summed E-state index contributed by atoms with van der Waals surface area (Å²) in [5.74, 6) is -0.371. The minimum absolute atomic E-state index is 0.192. The second kappa shape index (κ2) is 10.6. The summed E-state index contributed by atoms with van der Waals surface area (Å²) in [5, 5.41) is 4.51. The van der Waals surface area contributed by atoms with E-state index >= 15 is 0 Å². The third kappa shape index (κ3) is 4.90. The fourth-order valence-electron chi connectivity index (χ4n) is 4.94. The van der Waals surface area contributed by atoms with Crippen LogP contribution in [0.3, 0.4) is 0 Å². The molecule has 5 rings (SSSR count). The van der Waals surface area contributed by atoms with Crippen LogP contribution >= 0.6 is 22.7 Å². The summed E-state index contributed by atoms with van der Waals surface area (Å²) in [6, 6.07) is 4.01. The number of fused-ring (bicyclic) bond motifs is 2. The number of aromatic nitrogens is 1. The highest BCUT2D eigenvalue weighted by Crippen LogP contribution is 2.39. The highest BCUT2D eigenvalue weighted by molar-refractivity contribution is 7.17. The average Bonchev–Trinajstić information content (AvgIpc) is 3.59. The van der Waals surface area contributed by atoms with Crippen molar-refractivity contribution in [2.75, 3.05) is 25.0 Å². The van der Waals surface area contributed by atoms with Crippen molar-refractivity contribution in [2.45, 2.75) is 59.1 Å². The molecule has 1 amide bonds. The number of nitrogens with one attached hydrogen (secondary N) is 1. The lowest BCUT2D eigenvalue weighted by molar-refractivity contribution is 0.0526. The fraction of sp³-hybridized carbons (Fsp3) is 0.462. The van der Waals surface area contributed by atoms with Crippen LogP contribution in [-0.4, -0.2) is 41.2 Å².